The number of rotatable bonds is 4. The summed E-state index contributed by atoms with van der Waals surface area (Å²) >= 11 is 6.37. The maximum absolute atomic E-state index is 9.66. The van der Waals surface area contributed by atoms with Crippen LogP contribution < -0.4 is 24.7 Å². The van der Waals surface area contributed by atoms with Crippen LogP contribution in [0.3, 0.4) is 0 Å². The summed E-state index contributed by atoms with van der Waals surface area (Å²) in [4.78, 5) is 0. The van der Waals surface area contributed by atoms with Crippen molar-refractivity contribution >= 4 is 11.6 Å². The van der Waals surface area contributed by atoms with Crippen LogP contribution in [0.4, 0.5) is 0 Å². The zero-order valence-corrected chi connectivity index (χ0v) is 15.0. The molecule has 2 aromatic carbocycles. The van der Waals surface area contributed by atoms with Crippen molar-refractivity contribution < 1.29 is 18.9 Å². The summed E-state index contributed by atoms with van der Waals surface area (Å²) < 4.78 is 22.0. The Bertz CT molecular complexity index is 1010. The van der Waals surface area contributed by atoms with Gasteiger partial charge in [0.15, 0.2) is 11.5 Å². The molecule has 4 rings (SSSR count). The van der Waals surface area contributed by atoms with Gasteiger partial charge < -0.3 is 24.7 Å². The van der Waals surface area contributed by atoms with Gasteiger partial charge in [-0.3, -0.25) is 0 Å². The third kappa shape index (κ3) is 2.92. The zero-order chi connectivity index (χ0) is 19.0. The van der Waals surface area contributed by atoms with E-state index in [1.807, 2.05) is 12.1 Å². The lowest BCUT2D eigenvalue weighted by molar-refractivity contribution is 0.174. The highest BCUT2D eigenvalue weighted by atomic mass is 35.5. The van der Waals surface area contributed by atoms with Gasteiger partial charge in [0.2, 0.25) is 12.7 Å². The lowest BCUT2D eigenvalue weighted by Crippen LogP contribution is -2.21. The molecule has 2 heterocycles. The standard InChI is InChI=1S/C20H15ClN2O4/c1-2-5-24-15-4-3-11(6-14(15)21)19-12-7-17-18(26-10-25-17)8-16(12)27-20(23)13(19)9-22/h2-4,6-8,19H,1,5,10,23H2. The van der Waals surface area contributed by atoms with Gasteiger partial charge in [-0.15, -0.1) is 0 Å². The number of halogens is 1. The summed E-state index contributed by atoms with van der Waals surface area (Å²) in [5.74, 6) is 1.83. The Kier molecular flexibility index (Phi) is 4.30. The Hall–Kier alpha value is -3.30. The van der Waals surface area contributed by atoms with E-state index in [1.165, 1.54) is 0 Å². The second-order valence-corrected chi connectivity index (χ2v) is 6.36. The van der Waals surface area contributed by atoms with Crippen LogP contribution in [0.15, 0.2) is 54.4 Å². The van der Waals surface area contributed by atoms with Crippen molar-refractivity contribution in [2.75, 3.05) is 13.4 Å². The van der Waals surface area contributed by atoms with E-state index in [1.54, 1.807) is 24.3 Å². The lowest BCUT2D eigenvalue weighted by atomic mass is 9.83. The van der Waals surface area contributed by atoms with Crippen molar-refractivity contribution in [2.45, 2.75) is 5.92 Å². The first-order chi connectivity index (χ1) is 13.1. The van der Waals surface area contributed by atoms with Crippen LogP contribution >= 0.6 is 11.6 Å². The molecule has 136 valence electrons. The molecule has 2 N–H and O–H groups in total. The highest BCUT2D eigenvalue weighted by molar-refractivity contribution is 6.32. The molecule has 0 bridgehead atoms. The molecule has 0 radical (unpaired) electrons. The first-order valence-electron chi connectivity index (χ1n) is 8.16. The molecular weight excluding hydrogens is 368 g/mol. The third-order valence-corrected chi connectivity index (χ3v) is 4.65. The van der Waals surface area contributed by atoms with E-state index in [0.29, 0.717) is 40.2 Å². The molecule has 7 heteroatoms. The normalized spacial score (nSPS) is 17.0. The minimum absolute atomic E-state index is 0.0528. The fourth-order valence-corrected chi connectivity index (χ4v) is 3.40. The maximum Gasteiger partial charge on any atom is 0.231 e. The summed E-state index contributed by atoms with van der Waals surface area (Å²) in [7, 11) is 0. The average Bonchev–Trinajstić information content (AvgIpc) is 3.11. The fraction of sp³-hybridized carbons (Fsp3) is 0.150. The van der Waals surface area contributed by atoms with Crippen LogP contribution in [0.2, 0.25) is 5.02 Å². The summed E-state index contributed by atoms with van der Waals surface area (Å²) in [5.41, 5.74) is 7.84. The molecular formula is C20H15ClN2O4. The Balaban J connectivity index is 1.82. The second-order valence-electron chi connectivity index (χ2n) is 5.96. The van der Waals surface area contributed by atoms with Gasteiger partial charge in [0.1, 0.15) is 29.7 Å². The molecule has 0 spiro atoms. The summed E-state index contributed by atoms with van der Waals surface area (Å²) in [6.45, 7) is 4.10. The quantitative estimate of drug-likeness (QED) is 0.808. The van der Waals surface area contributed by atoms with Crippen molar-refractivity contribution in [1.29, 1.82) is 5.26 Å². The Morgan fingerprint density at radius 1 is 1.26 bits per heavy atom. The van der Waals surface area contributed by atoms with E-state index in [-0.39, 0.29) is 12.7 Å². The van der Waals surface area contributed by atoms with Crippen LogP contribution in [-0.4, -0.2) is 13.4 Å². The SMILES string of the molecule is C=CCOc1ccc(C2C(C#N)=C(N)Oc3cc4c(cc32)OCO4)cc1Cl. The van der Waals surface area contributed by atoms with Crippen molar-refractivity contribution in [3.05, 3.63) is 70.6 Å². The number of allylic oxidation sites excluding steroid dienone is 1. The molecule has 2 aromatic rings. The predicted molar refractivity (Wildman–Crippen MR) is 99.0 cm³/mol. The molecule has 0 saturated heterocycles. The lowest BCUT2D eigenvalue weighted by Gasteiger charge is -2.27. The van der Waals surface area contributed by atoms with Crippen LogP contribution in [-0.2, 0) is 0 Å². The molecule has 0 saturated carbocycles. The summed E-state index contributed by atoms with van der Waals surface area (Å²) in [6, 6.07) is 11.0. The fourth-order valence-electron chi connectivity index (χ4n) is 3.15. The van der Waals surface area contributed by atoms with Crippen LogP contribution in [0.5, 0.6) is 23.0 Å². The highest BCUT2D eigenvalue weighted by Crippen LogP contribution is 2.48. The Labute approximate surface area is 161 Å². The number of nitriles is 1. The monoisotopic (exact) mass is 382 g/mol. The molecule has 0 aromatic heterocycles. The molecule has 2 aliphatic heterocycles. The second kappa shape index (κ2) is 6.78. The molecule has 0 fully saturated rings. The van der Waals surface area contributed by atoms with Gasteiger partial charge in [0, 0.05) is 11.6 Å². The minimum Gasteiger partial charge on any atom is -0.488 e. The van der Waals surface area contributed by atoms with E-state index in [0.717, 1.165) is 11.1 Å². The summed E-state index contributed by atoms with van der Waals surface area (Å²) in [5, 5.41) is 10.1. The minimum atomic E-state index is -0.445. The molecule has 1 atom stereocenters. The van der Waals surface area contributed by atoms with Crippen LogP contribution in [0.1, 0.15) is 17.0 Å². The summed E-state index contributed by atoms with van der Waals surface area (Å²) in [6.07, 6.45) is 1.64. The van der Waals surface area contributed by atoms with Gasteiger partial charge in [-0.2, -0.15) is 5.26 Å². The van der Waals surface area contributed by atoms with E-state index in [4.69, 9.17) is 36.3 Å². The molecule has 0 aliphatic carbocycles. The molecule has 2 aliphatic rings. The number of hydrogen-bond acceptors (Lipinski definition) is 6. The highest BCUT2D eigenvalue weighted by Gasteiger charge is 2.33. The Morgan fingerprint density at radius 2 is 2.04 bits per heavy atom. The van der Waals surface area contributed by atoms with Gasteiger partial charge in [-0.1, -0.05) is 30.3 Å². The number of fused-ring (bicyclic) bond motifs is 2. The molecule has 27 heavy (non-hydrogen) atoms. The Morgan fingerprint density at radius 3 is 2.74 bits per heavy atom. The molecule has 6 nitrogen and oxygen atoms in total. The van der Waals surface area contributed by atoms with E-state index in [2.05, 4.69) is 12.6 Å². The molecule has 1 unspecified atom stereocenters. The third-order valence-electron chi connectivity index (χ3n) is 4.36. The first kappa shape index (κ1) is 17.1. The molecule has 0 amide bonds. The van der Waals surface area contributed by atoms with Gasteiger partial charge in [-0.05, 0) is 23.8 Å². The topological polar surface area (TPSA) is 86.7 Å². The van der Waals surface area contributed by atoms with E-state index in [9.17, 15) is 5.26 Å². The van der Waals surface area contributed by atoms with Gasteiger partial charge in [-0.25, -0.2) is 0 Å². The van der Waals surface area contributed by atoms with E-state index < -0.39 is 5.92 Å². The predicted octanol–water partition coefficient (Wildman–Crippen LogP) is 3.85. The van der Waals surface area contributed by atoms with Crippen LogP contribution in [0.25, 0.3) is 0 Å². The van der Waals surface area contributed by atoms with Crippen molar-refractivity contribution in [3.63, 3.8) is 0 Å². The smallest absolute Gasteiger partial charge is 0.231 e. The van der Waals surface area contributed by atoms with Crippen molar-refractivity contribution in [2.24, 2.45) is 5.73 Å². The number of nitrogens with two attached hydrogens (primary N) is 1. The van der Waals surface area contributed by atoms with Gasteiger partial charge in [0.05, 0.1) is 10.9 Å². The maximum atomic E-state index is 9.66. The zero-order valence-electron chi connectivity index (χ0n) is 14.2. The van der Waals surface area contributed by atoms with Gasteiger partial charge >= 0.3 is 0 Å². The number of ether oxygens (including phenoxy) is 4. The van der Waals surface area contributed by atoms with Crippen LogP contribution in [0, 0.1) is 11.3 Å². The first-order valence-corrected chi connectivity index (χ1v) is 8.54. The van der Waals surface area contributed by atoms with E-state index >= 15 is 0 Å². The number of nitrogens with zero attached hydrogens (tertiary/aromatic N) is 1. The average molecular weight is 383 g/mol. The van der Waals surface area contributed by atoms with Crippen molar-refractivity contribution in [3.8, 4) is 29.1 Å². The number of benzene rings is 2. The largest absolute Gasteiger partial charge is 0.488 e. The number of hydrogen-bond donors (Lipinski definition) is 1. The van der Waals surface area contributed by atoms with Gasteiger partial charge in [0.25, 0.3) is 0 Å². The van der Waals surface area contributed by atoms with Crippen molar-refractivity contribution in [1.82, 2.24) is 0 Å².